The SMILES string of the molecule is O=C(CC1CCCN1)NCc1cccc(NC(=O)C2CCCC2)c1. The molecular formula is C19H27N3O2. The van der Waals surface area contributed by atoms with Crippen molar-refractivity contribution < 1.29 is 9.59 Å². The number of benzene rings is 1. The number of hydrogen-bond acceptors (Lipinski definition) is 3. The highest BCUT2D eigenvalue weighted by Crippen LogP contribution is 2.26. The van der Waals surface area contributed by atoms with E-state index in [0.29, 0.717) is 19.0 Å². The van der Waals surface area contributed by atoms with Crippen LogP contribution in [0.4, 0.5) is 5.69 Å². The lowest BCUT2D eigenvalue weighted by atomic mass is 10.1. The molecule has 1 unspecified atom stereocenters. The Morgan fingerprint density at radius 2 is 1.96 bits per heavy atom. The van der Waals surface area contributed by atoms with Gasteiger partial charge in [0.25, 0.3) is 0 Å². The quantitative estimate of drug-likeness (QED) is 0.751. The Labute approximate surface area is 143 Å². The Balaban J connectivity index is 1.47. The summed E-state index contributed by atoms with van der Waals surface area (Å²) in [6, 6.07) is 8.06. The maximum atomic E-state index is 12.2. The highest BCUT2D eigenvalue weighted by atomic mass is 16.2. The molecule has 2 fully saturated rings. The van der Waals surface area contributed by atoms with Gasteiger partial charge in [0.05, 0.1) is 0 Å². The molecule has 3 N–H and O–H groups in total. The molecule has 5 heteroatoms. The molecule has 5 nitrogen and oxygen atoms in total. The zero-order chi connectivity index (χ0) is 16.8. The van der Waals surface area contributed by atoms with Crippen molar-refractivity contribution >= 4 is 17.5 Å². The number of anilines is 1. The summed E-state index contributed by atoms with van der Waals surface area (Å²) >= 11 is 0. The fraction of sp³-hybridized carbons (Fsp3) is 0.579. The van der Waals surface area contributed by atoms with E-state index in [4.69, 9.17) is 0 Å². The van der Waals surface area contributed by atoms with Crippen LogP contribution in [0.1, 0.15) is 50.5 Å². The van der Waals surface area contributed by atoms with Gasteiger partial charge in [0, 0.05) is 30.6 Å². The number of amides is 2. The molecule has 2 aliphatic rings. The minimum absolute atomic E-state index is 0.0785. The largest absolute Gasteiger partial charge is 0.352 e. The minimum Gasteiger partial charge on any atom is -0.352 e. The standard InChI is InChI=1S/C19H27N3O2/c23-18(12-16-9-4-10-20-16)21-13-14-5-3-8-17(11-14)22-19(24)15-6-1-2-7-15/h3,5,8,11,15-16,20H,1-2,4,6-7,9-10,12-13H2,(H,21,23)(H,22,24). The Kier molecular flexibility index (Phi) is 5.86. The summed E-state index contributed by atoms with van der Waals surface area (Å²) in [6.45, 7) is 1.51. The third-order valence-corrected chi connectivity index (χ3v) is 5.00. The van der Waals surface area contributed by atoms with Gasteiger partial charge in [-0.05, 0) is 49.9 Å². The fourth-order valence-electron chi connectivity index (χ4n) is 3.62. The molecule has 0 radical (unpaired) electrons. The van der Waals surface area contributed by atoms with Gasteiger partial charge in [-0.15, -0.1) is 0 Å². The number of rotatable bonds is 6. The van der Waals surface area contributed by atoms with E-state index in [1.165, 1.54) is 0 Å². The second kappa shape index (κ2) is 8.29. The van der Waals surface area contributed by atoms with Gasteiger partial charge in [0.2, 0.25) is 11.8 Å². The molecule has 1 aromatic rings. The van der Waals surface area contributed by atoms with Gasteiger partial charge in [-0.1, -0.05) is 25.0 Å². The van der Waals surface area contributed by atoms with Crippen molar-refractivity contribution in [2.45, 2.75) is 57.5 Å². The first-order valence-corrected chi connectivity index (χ1v) is 9.10. The van der Waals surface area contributed by atoms with E-state index < -0.39 is 0 Å². The third-order valence-electron chi connectivity index (χ3n) is 5.00. The molecule has 24 heavy (non-hydrogen) atoms. The average molecular weight is 329 g/mol. The first-order valence-electron chi connectivity index (χ1n) is 9.10. The first-order chi connectivity index (χ1) is 11.7. The summed E-state index contributed by atoms with van der Waals surface area (Å²) < 4.78 is 0. The molecule has 1 saturated carbocycles. The Morgan fingerprint density at radius 1 is 1.12 bits per heavy atom. The predicted octanol–water partition coefficient (Wildman–Crippen LogP) is 2.57. The van der Waals surface area contributed by atoms with E-state index in [0.717, 1.165) is 56.3 Å². The second-order valence-corrected chi connectivity index (χ2v) is 6.95. The fourth-order valence-corrected chi connectivity index (χ4v) is 3.62. The molecule has 130 valence electrons. The van der Waals surface area contributed by atoms with Crippen molar-refractivity contribution in [1.29, 1.82) is 0 Å². The van der Waals surface area contributed by atoms with E-state index >= 15 is 0 Å². The molecule has 1 aromatic carbocycles. The van der Waals surface area contributed by atoms with Crippen LogP contribution in [0.3, 0.4) is 0 Å². The summed E-state index contributed by atoms with van der Waals surface area (Å²) in [5, 5.41) is 9.31. The van der Waals surface area contributed by atoms with Gasteiger partial charge in [0.1, 0.15) is 0 Å². The van der Waals surface area contributed by atoms with Gasteiger partial charge in [-0.3, -0.25) is 9.59 Å². The van der Waals surface area contributed by atoms with Crippen LogP contribution < -0.4 is 16.0 Å². The van der Waals surface area contributed by atoms with Crippen molar-refractivity contribution in [2.24, 2.45) is 5.92 Å². The van der Waals surface area contributed by atoms with Gasteiger partial charge in [-0.25, -0.2) is 0 Å². The number of hydrogen-bond donors (Lipinski definition) is 3. The van der Waals surface area contributed by atoms with Crippen molar-refractivity contribution in [3.8, 4) is 0 Å². The Bertz CT molecular complexity index is 576. The summed E-state index contributed by atoms with van der Waals surface area (Å²) in [6.07, 6.45) is 7.07. The Morgan fingerprint density at radius 3 is 2.71 bits per heavy atom. The predicted molar refractivity (Wildman–Crippen MR) is 94.5 cm³/mol. The topological polar surface area (TPSA) is 70.2 Å². The summed E-state index contributed by atoms with van der Waals surface area (Å²) in [4.78, 5) is 24.2. The minimum atomic E-state index is 0.0785. The highest BCUT2D eigenvalue weighted by molar-refractivity contribution is 5.92. The molecular weight excluding hydrogens is 302 g/mol. The lowest BCUT2D eigenvalue weighted by molar-refractivity contribution is -0.122. The molecule has 1 heterocycles. The van der Waals surface area contributed by atoms with E-state index in [-0.39, 0.29) is 17.7 Å². The lowest BCUT2D eigenvalue weighted by Gasteiger charge is -2.13. The molecule has 1 atom stereocenters. The maximum absolute atomic E-state index is 12.2. The van der Waals surface area contributed by atoms with Crippen LogP contribution in [0.2, 0.25) is 0 Å². The summed E-state index contributed by atoms with van der Waals surface area (Å²) in [5.74, 6) is 0.364. The molecule has 0 spiro atoms. The van der Waals surface area contributed by atoms with E-state index in [2.05, 4.69) is 16.0 Å². The molecule has 2 amide bonds. The molecule has 3 rings (SSSR count). The molecule has 1 saturated heterocycles. The van der Waals surface area contributed by atoms with Gasteiger partial charge in [-0.2, -0.15) is 0 Å². The second-order valence-electron chi connectivity index (χ2n) is 6.95. The van der Waals surface area contributed by atoms with Crippen molar-refractivity contribution in [3.05, 3.63) is 29.8 Å². The van der Waals surface area contributed by atoms with Gasteiger partial charge >= 0.3 is 0 Å². The normalized spacial score (nSPS) is 20.9. The van der Waals surface area contributed by atoms with Crippen LogP contribution in [-0.4, -0.2) is 24.4 Å². The smallest absolute Gasteiger partial charge is 0.227 e. The lowest BCUT2D eigenvalue weighted by Crippen LogP contribution is -2.31. The number of carbonyl (C=O) groups excluding carboxylic acids is 2. The summed E-state index contributed by atoms with van der Waals surface area (Å²) in [5.41, 5.74) is 1.82. The average Bonchev–Trinajstić information content (AvgIpc) is 3.27. The van der Waals surface area contributed by atoms with Crippen LogP contribution >= 0.6 is 0 Å². The Hall–Kier alpha value is -1.88. The monoisotopic (exact) mass is 329 g/mol. The maximum Gasteiger partial charge on any atom is 0.227 e. The molecule has 0 aromatic heterocycles. The number of nitrogens with one attached hydrogen (secondary N) is 3. The zero-order valence-electron chi connectivity index (χ0n) is 14.1. The van der Waals surface area contributed by atoms with Crippen LogP contribution in [0.25, 0.3) is 0 Å². The zero-order valence-corrected chi connectivity index (χ0v) is 14.1. The van der Waals surface area contributed by atoms with Crippen LogP contribution in [0, 0.1) is 5.92 Å². The van der Waals surface area contributed by atoms with Gasteiger partial charge in [0.15, 0.2) is 0 Å². The highest BCUT2D eigenvalue weighted by Gasteiger charge is 2.22. The van der Waals surface area contributed by atoms with Crippen LogP contribution in [0.15, 0.2) is 24.3 Å². The van der Waals surface area contributed by atoms with E-state index in [9.17, 15) is 9.59 Å². The molecule has 1 aliphatic carbocycles. The molecule has 1 aliphatic heterocycles. The first kappa shape index (κ1) is 17.0. The van der Waals surface area contributed by atoms with E-state index in [1.54, 1.807) is 0 Å². The van der Waals surface area contributed by atoms with Crippen LogP contribution in [0.5, 0.6) is 0 Å². The third kappa shape index (κ3) is 4.81. The van der Waals surface area contributed by atoms with Crippen LogP contribution in [-0.2, 0) is 16.1 Å². The van der Waals surface area contributed by atoms with E-state index in [1.807, 2.05) is 24.3 Å². The van der Waals surface area contributed by atoms with Crippen molar-refractivity contribution in [1.82, 2.24) is 10.6 Å². The van der Waals surface area contributed by atoms with Crippen molar-refractivity contribution in [2.75, 3.05) is 11.9 Å². The number of carbonyl (C=O) groups is 2. The summed E-state index contributed by atoms with van der Waals surface area (Å²) in [7, 11) is 0. The van der Waals surface area contributed by atoms with Crippen molar-refractivity contribution in [3.63, 3.8) is 0 Å². The molecule has 0 bridgehead atoms. The van der Waals surface area contributed by atoms with Gasteiger partial charge < -0.3 is 16.0 Å².